The van der Waals surface area contributed by atoms with E-state index < -0.39 is 4.92 Å². The summed E-state index contributed by atoms with van der Waals surface area (Å²) >= 11 is 1.57. The predicted octanol–water partition coefficient (Wildman–Crippen LogP) is 1.09. The molecular weight excluding hydrogens is 282 g/mol. The number of aromatic nitrogens is 3. The number of nitrogens with zero attached hydrogens (tertiary/aromatic N) is 4. The molecular formula is C10H13N7O2S. The van der Waals surface area contributed by atoms with E-state index in [1.807, 2.05) is 12.3 Å². The molecule has 0 aliphatic rings. The zero-order valence-electron chi connectivity index (χ0n) is 10.7. The number of rotatable bonds is 6. The molecule has 20 heavy (non-hydrogen) atoms. The minimum atomic E-state index is -0.579. The van der Waals surface area contributed by atoms with Crippen LogP contribution in [0.1, 0.15) is 10.7 Å². The number of aryl methyl sites for hydroxylation is 1. The first-order chi connectivity index (χ1) is 9.61. The summed E-state index contributed by atoms with van der Waals surface area (Å²) in [6, 6.07) is 0. The van der Waals surface area contributed by atoms with Crippen LogP contribution in [0, 0.1) is 17.0 Å². The molecule has 0 spiro atoms. The summed E-state index contributed by atoms with van der Waals surface area (Å²) in [4.78, 5) is 22.3. The molecule has 0 aliphatic carbocycles. The number of anilines is 2. The van der Waals surface area contributed by atoms with Crippen molar-refractivity contribution in [2.75, 3.05) is 17.3 Å². The topological polar surface area (TPSA) is 132 Å². The lowest BCUT2D eigenvalue weighted by Crippen LogP contribution is -2.14. The van der Waals surface area contributed by atoms with Gasteiger partial charge in [0.2, 0.25) is 11.6 Å². The molecule has 0 aliphatic heterocycles. The monoisotopic (exact) mass is 295 g/mol. The average Bonchev–Trinajstić information content (AvgIpc) is 2.83. The predicted molar refractivity (Wildman–Crippen MR) is 75.5 cm³/mol. The molecule has 0 atom stereocenters. The fourth-order valence-electron chi connectivity index (χ4n) is 1.62. The van der Waals surface area contributed by atoms with Crippen molar-refractivity contribution in [3.05, 3.63) is 32.5 Å². The van der Waals surface area contributed by atoms with Gasteiger partial charge in [-0.05, 0) is 6.92 Å². The van der Waals surface area contributed by atoms with Crippen molar-refractivity contribution in [1.82, 2.24) is 15.0 Å². The number of thiazole rings is 1. The summed E-state index contributed by atoms with van der Waals surface area (Å²) in [6.45, 7) is 2.40. The van der Waals surface area contributed by atoms with Crippen LogP contribution >= 0.6 is 11.3 Å². The van der Waals surface area contributed by atoms with E-state index in [1.54, 1.807) is 11.3 Å². The molecule has 0 saturated heterocycles. The van der Waals surface area contributed by atoms with Crippen LogP contribution < -0.4 is 16.6 Å². The highest BCUT2D eigenvalue weighted by Gasteiger charge is 2.21. The fourth-order valence-corrected chi connectivity index (χ4v) is 2.27. The number of nitrogen functional groups attached to an aromatic ring is 1. The number of nitrogens with one attached hydrogen (secondary N) is 2. The van der Waals surface area contributed by atoms with Crippen LogP contribution in [0.5, 0.6) is 0 Å². The molecule has 9 nitrogen and oxygen atoms in total. The maximum atomic E-state index is 11.0. The zero-order chi connectivity index (χ0) is 14.5. The number of nitro groups is 1. The van der Waals surface area contributed by atoms with Crippen LogP contribution in [-0.2, 0) is 6.42 Å². The molecule has 0 radical (unpaired) electrons. The highest BCUT2D eigenvalue weighted by atomic mass is 32.1. The van der Waals surface area contributed by atoms with Crippen molar-refractivity contribution in [3.63, 3.8) is 0 Å². The third kappa shape index (κ3) is 3.16. The molecule has 10 heteroatoms. The molecule has 0 bridgehead atoms. The van der Waals surface area contributed by atoms with Crippen molar-refractivity contribution in [3.8, 4) is 0 Å². The lowest BCUT2D eigenvalue weighted by atomic mass is 10.3. The van der Waals surface area contributed by atoms with Crippen LogP contribution in [0.2, 0.25) is 0 Å². The van der Waals surface area contributed by atoms with E-state index in [0.717, 1.165) is 10.7 Å². The van der Waals surface area contributed by atoms with Gasteiger partial charge in [-0.1, -0.05) is 0 Å². The third-order valence-corrected chi connectivity index (χ3v) is 3.30. The Balaban J connectivity index is 2.07. The number of hydrogen-bond donors (Lipinski definition) is 3. The molecule has 2 rings (SSSR count). The maximum absolute atomic E-state index is 11.0. The summed E-state index contributed by atoms with van der Waals surface area (Å²) in [5.41, 5.74) is 2.85. The van der Waals surface area contributed by atoms with Gasteiger partial charge in [0, 0.05) is 18.3 Å². The minimum absolute atomic E-state index is 0.0306. The molecule has 0 fully saturated rings. The molecule has 0 unspecified atom stereocenters. The first-order valence-corrected chi connectivity index (χ1v) is 6.60. The van der Waals surface area contributed by atoms with E-state index in [-0.39, 0.29) is 17.3 Å². The summed E-state index contributed by atoms with van der Waals surface area (Å²) < 4.78 is 0. The Bertz CT molecular complexity index is 615. The molecule has 4 N–H and O–H groups in total. The largest absolute Gasteiger partial charge is 0.364 e. The normalized spacial score (nSPS) is 10.3. The Morgan fingerprint density at radius 1 is 1.45 bits per heavy atom. The summed E-state index contributed by atoms with van der Waals surface area (Å²) in [7, 11) is 0. The van der Waals surface area contributed by atoms with Gasteiger partial charge < -0.3 is 10.7 Å². The smallest absolute Gasteiger partial charge is 0.354 e. The summed E-state index contributed by atoms with van der Waals surface area (Å²) in [5.74, 6) is 5.30. The Morgan fingerprint density at radius 3 is 2.80 bits per heavy atom. The third-order valence-electron chi connectivity index (χ3n) is 2.48. The molecule has 106 valence electrons. The quantitative estimate of drug-likeness (QED) is 0.410. The van der Waals surface area contributed by atoms with Crippen molar-refractivity contribution in [2.24, 2.45) is 5.84 Å². The lowest BCUT2D eigenvalue weighted by molar-refractivity contribution is -0.383. The van der Waals surface area contributed by atoms with E-state index in [0.29, 0.717) is 13.0 Å². The van der Waals surface area contributed by atoms with E-state index >= 15 is 0 Å². The van der Waals surface area contributed by atoms with E-state index in [1.165, 1.54) is 6.33 Å². The number of nitrogens with two attached hydrogens (primary N) is 1. The van der Waals surface area contributed by atoms with E-state index in [4.69, 9.17) is 5.84 Å². The van der Waals surface area contributed by atoms with Gasteiger partial charge in [-0.25, -0.2) is 20.8 Å². The van der Waals surface area contributed by atoms with E-state index in [9.17, 15) is 10.1 Å². The molecule has 2 aromatic heterocycles. The standard InChI is InChI=1S/C10H13N7O2S/c1-6-15-7(4-20-6)2-3-12-9-8(17(18)19)10(16-11)14-5-13-9/h4-5H,2-3,11H2,1H3,(H2,12,13,14,16). The van der Waals surface area contributed by atoms with Crippen LogP contribution in [0.25, 0.3) is 0 Å². The van der Waals surface area contributed by atoms with Gasteiger partial charge in [-0.2, -0.15) is 0 Å². The van der Waals surface area contributed by atoms with Gasteiger partial charge in [-0.3, -0.25) is 10.1 Å². The van der Waals surface area contributed by atoms with Crippen molar-refractivity contribution in [1.29, 1.82) is 0 Å². The summed E-state index contributed by atoms with van der Waals surface area (Å²) in [5, 5.41) is 16.9. The van der Waals surface area contributed by atoms with Crippen LogP contribution in [0.4, 0.5) is 17.3 Å². The van der Waals surface area contributed by atoms with Crippen molar-refractivity contribution >= 4 is 28.7 Å². The lowest BCUT2D eigenvalue weighted by Gasteiger charge is -2.07. The summed E-state index contributed by atoms with van der Waals surface area (Å²) in [6.07, 6.45) is 1.86. The number of hydrogen-bond acceptors (Lipinski definition) is 9. The van der Waals surface area contributed by atoms with Crippen LogP contribution in [0.3, 0.4) is 0 Å². The SMILES string of the molecule is Cc1nc(CCNc2ncnc(NN)c2[N+](=O)[O-])cs1. The molecule has 0 aromatic carbocycles. The van der Waals surface area contributed by atoms with Gasteiger partial charge in [0.1, 0.15) is 6.33 Å². The van der Waals surface area contributed by atoms with E-state index in [2.05, 4.69) is 25.7 Å². The van der Waals surface area contributed by atoms with Gasteiger partial charge >= 0.3 is 5.69 Å². The zero-order valence-corrected chi connectivity index (χ0v) is 11.5. The first kappa shape index (κ1) is 14.1. The fraction of sp³-hybridized carbons (Fsp3) is 0.300. The maximum Gasteiger partial charge on any atom is 0.354 e. The molecule has 2 heterocycles. The van der Waals surface area contributed by atoms with Crippen molar-refractivity contribution < 1.29 is 4.92 Å². The molecule has 0 amide bonds. The Hall–Kier alpha value is -2.33. The Kier molecular flexibility index (Phi) is 4.38. The average molecular weight is 295 g/mol. The van der Waals surface area contributed by atoms with Gasteiger partial charge in [-0.15, -0.1) is 11.3 Å². The Labute approximate surface area is 118 Å². The van der Waals surface area contributed by atoms with Gasteiger partial charge in [0.05, 0.1) is 15.6 Å². The highest BCUT2D eigenvalue weighted by Crippen LogP contribution is 2.27. The Morgan fingerprint density at radius 2 is 2.20 bits per heavy atom. The molecule has 2 aromatic rings. The first-order valence-electron chi connectivity index (χ1n) is 5.72. The minimum Gasteiger partial charge on any atom is -0.364 e. The second kappa shape index (κ2) is 6.21. The van der Waals surface area contributed by atoms with Gasteiger partial charge in [0.25, 0.3) is 0 Å². The second-order valence-corrected chi connectivity index (χ2v) is 4.92. The molecule has 0 saturated carbocycles. The van der Waals surface area contributed by atoms with Crippen LogP contribution in [-0.4, -0.2) is 26.4 Å². The van der Waals surface area contributed by atoms with Crippen molar-refractivity contribution in [2.45, 2.75) is 13.3 Å². The highest BCUT2D eigenvalue weighted by molar-refractivity contribution is 7.09. The second-order valence-electron chi connectivity index (χ2n) is 3.86. The van der Waals surface area contributed by atoms with Crippen LogP contribution in [0.15, 0.2) is 11.7 Å². The number of hydrazine groups is 1. The van der Waals surface area contributed by atoms with Gasteiger partial charge in [0.15, 0.2) is 0 Å².